The van der Waals surface area contributed by atoms with E-state index in [1.807, 2.05) is 13.8 Å². The number of carbonyl (C=O) groups excluding carboxylic acids is 2. The summed E-state index contributed by atoms with van der Waals surface area (Å²) in [4.78, 5) is 28.3. The zero-order valence-corrected chi connectivity index (χ0v) is 21.4. The maximum atomic E-state index is 12.2. The van der Waals surface area contributed by atoms with Crippen LogP contribution in [0.5, 0.6) is 0 Å². The molecule has 0 aliphatic carbocycles. The molecule has 0 spiro atoms. The average molecular weight is 462 g/mol. The monoisotopic (exact) mass is 461 g/mol. The van der Waals surface area contributed by atoms with Crippen molar-refractivity contribution in [3.8, 4) is 0 Å². The molecular formula is C28H47NO4. The second kappa shape index (κ2) is 19.5. The van der Waals surface area contributed by atoms with E-state index in [1.54, 1.807) is 18.2 Å². The SMILES string of the molecule is CCCCCCCCCCCCCCCCCOC(=O)c1cccc(C(=O)OCC(C)C)n1. The van der Waals surface area contributed by atoms with Gasteiger partial charge in [0.1, 0.15) is 11.4 Å². The first-order valence-electron chi connectivity index (χ1n) is 13.4. The van der Waals surface area contributed by atoms with Crippen molar-refractivity contribution < 1.29 is 19.1 Å². The van der Waals surface area contributed by atoms with Crippen LogP contribution in [0.2, 0.25) is 0 Å². The smallest absolute Gasteiger partial charge is 0.356 e. The quantitative estimate of drug-likeness (QED) is 0.146. The number of aromatic nitrogens is 1. The number of nitrogens with zero attached hydrogens (tertiary/aromatic N) is 1. The molecule has 5 heteroatoms. The largest absolute Gasteiger partial charge is 0.461 e. The van der Waals surface area contributed by atoms with Gasteiger partial charge in [0, 0.05) is 0 Å². The van der Waals surface area contributed by atoms with Crippen LogP contribution in [0.25, 0.3) is 0 Å². The molecule has 0 aliphatic heterocycles. The third kappa shape index (κ3) is 15.5. The number of esters is 2. The Balaban J connectivity index is 2.01. The topological polar surface area (TPSA) is 65.5 Å². The van der Waals surface area contributed by atoms with Gasteiger partial charge >= 0.3 is 11.9 Å². The summed E-state index contributed by atoms with van der Waals surface area (Å²) in [6.45, 7) is 6.92. The third-order valence-corrected chi connectivity index (χ3v) is 5.70. The highest BCUT2D eigenvalue weighted by Crippen LogP contribution is 2.13. The van der Waals surface area contributed by atoms with E-state index in [1.165, 1.54) is 83.5 Å². The molecule has 1 aromatic heterocycles. The van der Waals surface area contributed by atoms with Crippen molar-refractivity contribution in [2.45, 2.75) is 117 Å². The molecule has 33 heavy (non-hydrogen) atoms. The van der Waals surface area contributed by atoms with Crippen LogP contribution in [0.15, 0.2) is 18.2 Å². The molecule has 188 valence electrons. The molecule has 5 nitrogen and oxygen atoms in total. The maximum absolute atomic E-state index is 12.2. The number of pyridine rings is 1. The van der Waals surface area contributed by atoms with Crippen molar-refractivity contribution in [1.82, 2.24) is 4.98 Å². The number of unbranched alkanes of at least 4 members (excludes halogenated alkanes) is 14. The van der Waals surface area contributed by atoms with E-state index in [2.05, 4.69) is 11.9 Å². The Labute approximate surface area is 202 Å². The molecule has 1 rings (SSSR count). The van der Waals surface area contributed by atoms with Gasteiger partial charge in [0.15, 0.2) is 0 Å². The number of ether oxygens (including phenoxy) is 2. The summed E-state index contributed by atoms with van der Waals surface area (Å²) >= 11 is 0. The number of rotatable bonds is 20. The van der Waals surface area contributed by atoms with Crippen molar-refractivity contribution in [3.05, 3.63) is 29.6 Å². The van der Waals surface area contributed by atoms with E-state index in [-0.39, 0.29) is 17.3 Å². The summed E-state index contributed by atoms with van der Waals surface area (Å²) in [6, 6.07) is 4.74. The normalized spacial score (nSPS) is 11.0. The van der Waals surface area contributed by atoms with Crippen LogP contribution in [-0.4, -0.2) is 30.1 Å². The molecule has 0 N–H and O–H groups in total. The van der Waals surface area contributed by atoms with Gasteiger partial charge in [-0.1, -0.05) is 117 Å². The lowest BCUT2D eigenvalue weighted by Crippen LogP contribution is -2.15. The van der Waals surface area contributed by atoms with Gasteiger partial charge in [-0.15, -0.1) is 0 Å². The van der Waals surface area contributed by atoms with Gasteiger partial charge in [-0.25, -0.2) is 14.6 Å². The number of carbonyl (C=O) groups is 2. The van der Waals surface area contributed by atoms with Crippen LogP contribution < -0.4 is 0 Å². The number of hydrogen-bond acceptors (Lipinski definition) is 5. The molecule has 0 radical (unpaired) electrons. The van der Waals surface area contributed by atoms with Gasteiger partial charge in [-0.3, -0.25) is 0 Å². The van der Waals surface area contributed by atoms with Crippen LogP contribution in [0.1, 0.15) is 138 Å². The first kappa shape index (κ1) is 29.1. The summed E-state index contributed by atoms with van der Waals surface area (Å²) in [7, 11) is 0. The first-order valence-corrected chi connectivity index (χ1v) is 13.4. The lowest BCUT2D eigenvalue weighted by atomic mass is 10.0. The minimum absolute atomic E-state index is 0.136. The highest BCUT2D eigenvalue weighted by Gasteiger charge is 2.14. The Hall–Kier alpha value is -1.91. The Morgan fingerprint density at radius 2 is 1.12 bits per heavy atom. The van der Waals surface area contributed by atoms with Gasteiger partial charge in [0.2, 0.25) is 0 Å². The molecular weight excluding hydrogens is 414 g/mol. The van der Waals surface area contributed by atoms with Crippen LogP contribution in [-0.2, 0) is 9.47 Å². The molecule has 0 aliphatic rings. The van der Waals surface area contributed by atoms with E-state index < -0.39 is 11.9 Å². The fraction of sp³-hybridized carbons (Fsp3) is 0.750. The van der Waals surface area contributed by atoms with Crippen molar-refractivity contribution >= 4 is 11.9 Å². The second-order valence-electron chi connectivity index (χ2n) is 9.49. The summed E-state index contributed by atoms with van der Waals surface area (Å²) < 4.78 is 10.5. The summed E-state index contributed by atoms with van der Waals surface area (Å²) in [5, 5.41) is 0. The van der Waals surface area contributed by atoms with Gasteiger partial charge < -0.3 is 9.47 Å². The molecule has 0 unspecified atom stereocenters. The average Bonchev–Trinajstić information content (AvgIpc) is 2.82. The Morgan fingerprint density at radius 3 is 1.58 bits per heavy atom. The summed E-state index contributed by atoms with van der Waals surface area (Å²) in [5.41, 5.74) is 0.284. The van der Waals surface area contributed by atoms with Gasteiger partial charge in [0.25, 0.3) is 0 Å². The minimum atomic E-state index is -0.513. The Bertz CT molecular complexity index is 645. The predicted molar refractivity (Wildman–Crippen MR) is 135 cm³/mol. The Kier molecular flexibility index (Phi) is 17.3. The molecule has 1 aromatic rings. The molecule has 0 bridgehead atoms. The lowest BCUT2D eigenvalue weighted by molar-refractivity contribution is 0.0450. The fourth-order valence-electron chi connectivity index (χ4n) is 3.69. The molecule has 0 aromatic carbocycles. The minimum Gasteiger partial charge on any atom is -0.461 e. The molecule has 0 atom stereocenters. The zero-order chi connectivity index (χ0) is 24.2. The Morgan fingerprint density at radius 1 is 0.697 bits per heavy atom. The standard InChI is InChI=1S/C28H47NO4/c1-4-5-6-7-8-9-10-11-12-13-14-15-16-17-18-22-32-27(30)25-20-19-21-26(29-25)28(31)33-23-24(2)3/h19-21,24H,4-18,22-23H2,1-3H3. The second-order valence-corrected chi connectivity index (χ2v) is 9.49. The van der Waals surface area contributed by atoms with Crippen LogP contribution in [0.4, 0.5) is 0 Å². The maximum Gasteiger partial charge on any atom is 0.356 e. The predicted octanol–water partition coefficient (Wildman–Crippen LogP) is 7.92. The van der Waals surface area contributed by atoms with Crippen molar-refractivity contribution in [3.63, 3.8) is 0 Å². The van der Waals surface area contributed by atoms with Gasteiger partial charge in [-0.05, 0) is 24.5 Å². The molecule has 0 fully saturated rings. The van der Waals surface area contributed by atoms with Crippen molar-refractivity contribution in [2.75, 3.05) is 13.2 Å². The summed E-state index contributed by atoms with van der Waals surface area (Å²) in [6.07, 6.45) is 19.5. The van der Waals surface area contributed by atoms with Crippen LogP contribution in [0, 0.1) is 5.92 Å². The third-order valence-electron chi connectivity index (χ3n) is 5.70. The lowest BCUT2D eigenvalue weighted by Gasteiger charge is -2.08. The molecule has 0 amide bonds. The van der Waals surface area contributed by atoms with Gasteiger partial charge in [-0.2, -0.15) is 0 Å². The van der Waals surface area contributed by atoms with Crippen molar-refractivity contribution in [1.29, 1.82) is 0 Å². The van der Waals surface area contributed by atoms with E-state index in [9.17, 15) is 9.59 Å². The molecule has 0 saturated carbocycles. The van der Waals surface area contributed by atoms with Crippen LogP contribution in [0.3, 0.4) is 0 Å². The highest BCUT2D eigenvalue weighted by molar-refractivity contribution is 5.91. The first-order chi connectivity index (χ1) is 16.0. The van der Waals surface area contributed by atoms with E-state index in [0.29, 0.717) is 13.2 Å². The van der Waals surface area contributed by atoms with E-state index in [0.717, 1.165) is 12.8 Å². The molecule has 0 saturated heterocycles. The zero-order valence-electron chi connectivity index (χ0n) is 21.4. The highest BCUT2D eigenvalue weighted by atomic mass is 16.5. The van der Waals surface area contributed by atoms with Crippen molar-refractivity contribution in [2.24, 2.45) is 5.92 Å². The van der Waals surface area contributed by atoms with E-state index in [4.69, 9.17) is 9.47 Å². The summed E-state index contributed by atoms with van der Waals surface area (Å²) in [5.74, 6) is -0.753. The van der Waals surface area contributed by atoms with E-state index >= 15 is 0 Å². The fourth-order valence-corrected chi connectivity index (χ4v) is 3.69. The number of hydrogen-bond donors (Lipinski definition) is 0. The van der Waals surface area contributed by atoms with Gasteiger partial charge in [0.05, 0.1) is 13.2 Å². The molecule has 1 heterocycles. The van der Waals surface area contributed by atoms with Crippen LogP contribution >= 0.6 is 0 Å².